The van der Waals surface area contributed by atoms with E-state index in [1.807, 2.05) is 30.3 Å². The first-order valence-electron chi connectivity index (χ1n) is 6.50. The van der Waals surface area contributed by atoms with Crippen molar-refractivity contribution in [3.63, 3.8) is 0 Å². The molecule has 3 heteroatoms. The smallest absolute Gasteiger partial charge is 0.123 e. The molecule has 0 aliphatic heterocycles. The van der Waals surface area contributed by atoms with Crippen LogP contribution in [0.3, 0.4) is 0 Å². The molecule has 0 amide bonds. The molecular formula is C17H14FNO. The van der Waals surface area contributed by atoms with E-state index in [9.17, 15) is 9.50 Å². The van der Waals surface area contributed by atoms with E-state index in [2.05, 4.69) is 4.98 Å². The Morgan fingerprint density at radius 1 is 1.05 bits per heavy atom. The summed E-state index contributed by atoms with van der Waals surface area (Å²) in [5, 5.41) is 12.3. The third kappa shape index (κ3) is 2.53. The van der Waals surface area contributed by atoms with Crippen LogP contribution in [-0.2, 0) is 6.42 Å². The van der Waals surface area contributed by atoms with Gasteiger partial charge in [-0.05, 0) is 29.1 Å². The molecule has 2 aromatic carbocycles. The molecule has 1 N–H and O–H groups in total. The van der Waals surface area contributed by atoms with Gasteiger partial charge in [0.25, 0.3) is 0 Å². The molecule has 1 aromatic heterocycles. The predicted molar refractivity (Wildman–Crippen MR) is 76.8 cm³/mol. The second-order valence-electron chi connectivity index (χ2n) is 4.77. The van der Waals surface area contributed by atoms with E-state index < -0.39 is 6.10 Å². The summed E-state index contributed by atoms with van der Waals surface area (Å²) in [6.07, 6.45) is 1.29. The van der Waals surface area contributed by atoms with Crippen molar-refractivity contribution < 1.29 is 9.50 Å². The maximum Gasteiger partial charge on any atom is 0.123 e. The zero-order valence-electron chi connectivity index (χ0n) is 10.8. The largest absolute Gasteiger partial charge is 0.386 e. The van der Waals surface area contributed by atoms with Gasteiger partial charge in [-0.25, -0.2) is 4.39 Å². The van der Waals surface area contributed by atoms with E-state index in [1.54, 1.807) is 18.3 Å². The second-order valence-corrected chi connectivity index (χ2v) is 4.77. The van der Waals surface area contributed by atoms with Crippen molar-refractivity contribution in [1.29, 1.82) is 0 Å². The van der Waals surface area contributed by atoms with Gasteiger partial charge in [-0.2, -0.15) is 0 Å². The summed E-state index contributed by atoms with van der Waals surface area (Å²) < 4.78 is 13.2. The Labute approximate surface area is 116 Å². The van der Waals surface area contributed by atoms with Crippen molar-refractivity contribution >= 4 is 10.8 Å². The van der Waals surface area contributed by atoms with Crippen LogP contribution in [0.5, 0.6) is 0 Å². The van der Waals surface area contributed by atoms with Gasteiger partial charge < -0.3 is 5.11 Å². The van der Waals surface area contributed by atoms with E-state index in [0.29, 0.717) is 12.1 Å². The number of rotatable bonds is 3. The highest BCUT2D eigenvalue weighted by molar-refractivity contribution is 5.84. The van der Waals surface area contributed by atoms with Crippen LogP contribution in [0.2, 0.25) is 0 Å². The Morgan fingerprint density at radius 2 is 1.90 bits per heavy atom. The molecule has 0 radical (unpaired) electrons. The highest BCUT2D eigenvalue weighted by atomic mass is 19.1. The summed E-state index contributed by atoms with van der Waals surface area (Å²) in [5.41, 5.74) is 1.39. The number of hydrogen-bond donors (Lipinski definition) is 1. The average Bonchev–Trinajstić information content (AvgIpc) is 2.46. The number of aliphatic hydroxyl groups is 1. The molecule has 1 atom stereocenters. The first kappa shape index (κ1) is 12.8. The Balaban J connectivity index is 1.94. The topological polar surface area (TPSA) is 33.1 Å². The van der Waals surface area contributed by atoms with Crippen molar-refractivity contribution in [2.75, 3.05) is 0 Å². The number of halogens is 1. The predicted octanol–water partition coefficient (Wildman–Crippen LogP) is 3.65. The molecule has 0 fully saturated rings. The SMILES string of the molecule is OC(Cc1cccc(F)c1)c1nccc2ccccc12. The second kappa shape index (κ2) is 5.39. The van der Waals surface area contributed by atoms with E-state index in [4.69, 9.17) is 0 Å². The van der Waals surface area contributed by atoms with Gasteiger partial charge in [0.05, 0.1) is 5.69 Å². The van der Waals surface area contributed by atoms with Crippen LogP contribution >= 0.6 is 0 Å². The number of pyridine rings is 1. The quantitative estimate of drug-likeness (QED) is 0.785. The van der Waals surface area contributed by atoms with Crippen molar-refractivity contribution in [2.24, 2.45) is 0 Å². The minimum atomic E-state index is -0.747. The Morgan fingerprint density at radius 3 is 2.75 bits per heavy atom. The minimum Gasteiger partial charge on any atom is -0.386 e. The lowest BCUT2D eigenvalue weighted by Crippen LogP contribution is -2.05. The molecule has 0 saturated heterocycles. The molecule has 0 saturated carbocycles. The molecule has 0 spiro atoms. The Kier molecular flexibility index (Phi) is 3.44. The molecule has 3 aromatic rings. The fourth-order valence-electron chi connectivity index (χ4n) is 2.39. The summed E-state index contributed by atoms with van der Waals surface area (Å²) in [5.74, 6) is -0.291. The molecule has 1 unspecified atom stereocenters. The number of hydrogen-bond acceptors (Lipinski definition) is 2. The van der Waals surface area contributed by atoms with Crippen LogP contribution in [0.15, 0.2) is 60.8 Å². The normalized spacial score (nSPS) is 12.5. The Hall–Kier alpha value is -2.26. The van der Waals surface area contributed by atoms with Gasteiger partial charge in [0, 0.05) is 18.0 Å². The van der Waals surface area contributed by atoms with E-state index >= 15 is 0 Å². The fraction of sp³-hybridized carbons (Fsp3) is 0.118. The number of aliphatic hydroxyl groups excluding tert-OH is 1. The standard InChI is InChI=1S/C17H14FNO/c18-14-6-3-4-12(10-14)11-16(20)17-15-7-2-1-5-13(15)8-9-19-17/h1-10,16,20H,11H2. The molecule has 20 heavy (non-hydrogen) atoms. The first-order chi connectivity index (χ1) is 9.74. The van der Waals surface area contributed by atoms with Gasteiger partial charge in [0.2, 0.25) is 0 Å². The zero-order chi connectivity index (χ0) is 13.9. The maximum absolute atomic E-state index is 13.2. The first-order valence-corrected chi connectivity index (χ1v) is 6.50. The van der Waals surface area contributed by atoms with Gasteiger partial charge >= 0.3 is 0 Å². The highest BCUT2D eigenvalue weighted by Crippen LogP contribution is 2.24. The highest BCUT2D eigenvalue weighted by Gasteiger charge is 2.13. The van der Waals surface area contributed by atoms with Crippen molar-refractivity contribution in [3.05, 3.63) is 77.9 Å². The molecule has 0 aliphatic carbocycles. The number of nitrogens with zero attached hydrogens (tertiary/aromatic N) is 1. The van der Waals surface area contributed by atoms with Crippen LogP contribution in [0, 0.1) is 5.82 Å². The Bertz CT molecular complexity index is 736. The monoisotopic (exact) mass is 267 g/mol. The molecule has 100 valence electrons. The minimum absolute atomic E-state index is 0.291. The van der Waals surface area contributed by atoms with Gasteiger partial charge in [0.1, 0.15) is 11.9 Å². The van der Waals surface area contributed by atoms with E-state index in [-0.39, 0.29) is 5.82 Å². The summed E-state index contributed by atoms with van der Waals surface area (Å²) in [4.78, 5) is 4.28. The van der Waals surface area contributed by atoms with Crippen LogP contribution < -0.4 is 0 Å². The van der Waals surface area contributed by atoms with Crippen LogP contribution in [0.4, 0.5) is 4.39 Å². The third-order valence-corrected chi connectivity index (χ3v) is 3.34. The zero-order valence-corrected chi connectivity index (χ0v) is 10.8. The van der Waals surface area contributed by atoms with Gasteiger partial charge in [-0.15, -0.1) is 0 Å². The summed E-state index contributed by atoms with van der Waals surface area (Å²) in [6.45, 7) is 0. The lowest BCUT2D eigenvalue weighted by Gasteiger charge is -2.12. The fourth-order valence-corrected chi connectivity index (χ4v) is 2.39. The summed E-state index contributed by atoms with van der Waals surface area (Å²) in [6, 6.07) is 16.0. The maximum atomic E-state index is 13.2. The van der Waals surface area contributed by atoms with Gasteiger partial charge in [-0.3, -0.25) is 4.98 Å². The summed E-state index contributed by atoms with van der Waals surface area (Å²) in [7, 11) is 0. The van der Waals surface area contributed by atoms with Gasteiger partial charge in [0.15, 0.2) is 0 Å². The summed E-state index contributed by atoms with van der Waals surface area (Å²) >= 11 is 0. The van der Waals surface area contributed by atoms with Crippen LogP contribution in [0.25, 0.3) is 10.8 Å². The van der Waals surface area contributed by atoms with E-state index in [1.165, 1.54) is 12.1 Å². The van der Waals surface area contributed by atoms with Crippen molar-refractivity contribution in [3.8, 4) is 0 Å². The molecule has 0 bridgehead atoms. The molecule has 0 aliphatic rings. The number of benzene rings is 2. The van der Waals surface area contributed by atoms with E-state index in [0.717, 1.165) is 16.3 Å². The molecular weight excluding hydrogens is 253 g/mol. The lowest BCUT2D eigenvalue weighted by atomic mass is 10.0. The van der Waals surface area contributed by atoms with Crippen LogP contribution in [-0.4, -0.2) is 10.1 Å². The van der Waals surface area contributed by atoms with Crippen molar-refractivity contribution in [1.82, 2.24) is 4.98 Å². The number of fused-ring (bicyclic) bond motifs is 1. The van der Waals surface area contributed by atoms with Gasteiger partial charge in [-0.1, -0.05) is 36.4 Å². The number of aromatic nitrogens is 1. The molecule has 3 rings (SSSR count). The molecule has 1 heterocycles. The average molecular weight is 267 g/mol. The molecule has 2 nitrogen and oxygen atoms in total. The lowest BCUT2D eigenvalue weighted by molar-refractivity contribution is 0.175. The third-order valence-electron chi connectivity index (χ3n) is 3.34. The van der Waals surface area contributed by atoms with Crippen molar-refractivity contribution in [2.45, 2.75) is 12.5 Å². The van der Waals surface area contributed by atoms with Crippen LogP contribution in [0.1, 0.15) is 17.4 Å².